The fourth-order valence-corrected chi connectivity index (χ4v) is 4.60. The quantitative estimate of drug-likeness (QED) is 0.798. The molecule has 2 aliphatic rings. The minimum absolute atomic E-state index is 0.133. The number of piperidine rings is 1. The van der Waals surface area contributed by atoms with Gasteiger partial charge in [-0.3, -0.25) is 4.79 Å². The van der Waals surface area contributed by atoms with Crippen molar-refractivity contribution in [2.75, 3.05) is 25.0 Å². The lowest BCUT2D eigenvalue weighted by molar-refractivity contribution is 0.0958. The Morgan fingerprint density at radius 1 is 1.18 bits per heavy atom. The molecule has 2 aromatic rings. The largest absolute Gasteiger partial charge is 0.370 e. The van der Waals surface area contributed by atoms with Crippen molar-refractivity contribution in [1.29, 1.82) is 0 Å². The summed E-state index contributed by atoms with van der Waals surface area (Å²) in [5, 5.41) is 2.62. The lowest BCUT2D eigenvalue weighted by atomic mass is 9.76. The van der Waals surface area contributed by atoms with Crippen molar-refractivity contribution in [2.24, 2.45) is 11.3 Å². The molecule has 1 amide bonds. The summed E-state index contributed by atoms with van der Waals surface area (Å²) < 4.78 is 0. The van der Waals surface area contributed by atoms with Gasteiger partial charge in [-0.2, -0.15) is 0 Å². The number of carbonyl (C=O) groups excluding carboxylic acids is 1. The van der Waals surface area contributed by atoms with E-state index in [0.717, 1.165) is 30.6 Å². The van der Waals surface area contributed by atoms with Gasteiger partial charge in [0.15, 0.2) is 0 Å². The number of aromatic nitrogens is 1. The van der Waals surface area contributed by atoms with Crippen molar-refractivity contribution in [2.45, 2.75) is 44.9 Å². The van der Waals surface area contributed by atoms with E-state index in [9.17, 15) is 4.79 Å². The summed E-state index contributed by atoms with van der Waals surface area (Å²) in [5.41, 5.74) is 3.59. The third-order valence-electron chi connectivity index (χ3n) is 6.81. The highest BCUT2D eigenvalue weighted by atomic mass is 16.1. The van der Waals surface area contributed by atoms with Crippen LogP contribution in [-0.4, -0.2) is 31.0 Å². The van der Waals surface area contributed by atoms with Crippen LogP contribution >= 0.6 is 0 Å². The molecule has 1 N–H and O–H groups in total. The van der Waals surface area contributed by atoms with Gasteiger partial charge >= 0.3 is 0 Å². The van der Waals surface area contributed by atoms with E-state index in [1.165, 1.54) is 37.7 Å². The van der Waals surface area contributed by atoms with E-state index >= 15 is 0 Å². The van der Waals surface area contributed by atoms with E-state index in [0.29, 0.717) is 11.1 Å². The number of hydrogen-bond acceptors (Lipinski definition) is 3. The van der Waals surface area contributed by atoms with Gasteiger partial charge in [-0.25, -0.2) is 4.98 Å². The number of benzene rings is 1. The maximum atomic E-state index is 11.6. The lowest BCUT2D eigenvalue weighted by Crippen LogP contribution is -2.38. The number of anilines is 1. The average molecular weight is 378 g/mol. The number of nitrogens with zero attached hydrogens (tertiary/aromatic N) is 2. The van der Waals surface area contributed by atoms with Gasteiger partial charge in [0, 0.05) is 20.1 Å². The van der Waals surface area contributed by atoms with Gasteiger partial charge in [-0.15, -0.1) is 0 Å². The summed E-state index contributed by atoms with van der Waals surface area (Å²) in [4.78, 5) is 18.4. The number of hydrogen-bond donors (Lipinski definition) is 1. The Morgan fingerprint density at radius 3 is 2.57 bits per heavy atom. The zero-order chi connectivity index (χ0) is 19.6. The first-order valence-corrected chi connectivity index (χ1v) is 10.6. The van der Waals surface area contributed by atoms with E-state index in [-0.39, 0.29) is 5.91 Å². The molecule has 2 fully saturated rings. The van der Waals surface area contributed by atoms with Crippen LogP contribution in [0.4, 0.5) is 5.69 Å². The summed E-state index contributed by atoms with van der Waals surface area (Å²) in [6.07, 6.45) is 8.36. The van der Waals surface area contributed by atoms with Gasteiger partial charge in [0.2, 0.25) is 0 Å². The van der Waals surface area contributed by atoms with Crippen molar-refractivity contribution in [3.8, 4) is 0 Å². The monoisotopic (exact) mass is 377 g/mol. The maximum absolute atomic E-state index is 11.6. The molecule has 0 bridgehead atoms. The van der Waals surface area contributed by atoms with E-state index in [2.05, 4.69) is 52.5 Å². The average Bonchev–Trinajstić information content (AvgIpc) is 3.53. The Bertz CT molecular complexity index is 794. The molecule has 1 aromatic heterocycles. The Hall–Kier alpha value is -2.36. The van der Waals surface area contributed by atoms with Crippen LogP contribution in [-0.2, 0) is 0 Å². The fourth-order valence-electron chi connectivity index (χ4n) is 4.60. The van der Waals surface area contributed by atoms with E-state index < -0.39 is 0 Å². The van der Waals surface area contributed by atoms with Gasteiger partial charge in [-0.05, 0) is 67.1 Å². The van der Waals surface area contributed by atoms with Crippen molar-refractivity contribution in [1.82, 2.24) is 10.3 Å². The van der Waals surface area contributed by atoms with Crippen LogP contribution in [0.15, 0.2) is 48.7 Å². The second kappa shape index (κ2) is 7.94. The molecule has 148 valence electrons. The van der Waals surface area contributed by atoms with Gasteiger partial charge < -0.3 is 10.2 Å². The molecule has 4 rings (SSSR count). The molecule has 0 spiro atoms. The molecule has 1 aliphatic heterocycles. The molecule has 4 heteroatoms. The Kier molecular flexibility index (Phi) is 5.38. The third kappa shape index (κ3) is 4.21. The highest BCUT2D eigenvalue weighted by Gasteiger charge is 2.40. The smallest absolute Gasteiger partial charge is 0.269 e. The van der Waals surface area contributed by atoms with Gasteiger partial charge in [0.1, 0.15) is 5.69 Å². The third-order valence-corrected chi connectivity index (χ3v) is 6.81. The summed E-state index contributed by atoms with van der Waals surface area (Å²) in [6, 6.07) is 14.9. The summed E-state index contributed by atoms with van der Waals surface area (Å²) in [7, 11) is 1.63. The molecule has 0 radical (unpaired) electrons. The van der Waals surface area contributed by atoms with Gasteiger partial charge in [-0.1, -0.05) is 37.3 Å². The van der Waals surface area contributed by atoms with Crippen LogP contribution in [0, 0.1) is 11.3 Å². The Labute approximate surface area is 168 Å². The van der Waals surface area contributed by atoms with Crippen LogP contribution in [0.25, 0.3) is 0 Å². The van der Waals surface area contributed by atoms with Crippen LogP contribution in [0.5, 0.6) is 0 Å². The molecular weight excluding hydrogens is 346 g/mol. The fraction of sp³-hybridized carbons (Fsp3) is 0.500. The molecule has 1 saturated heterocycles. The second-order valence-electron chi connectivity index (χ2n) is 8.83. The van der Waals surface area contributed by atoms with E-state index in [4.69, 9.17) is 0 Å². The first kappa shape index (κ1) is 19.0. The van der Waals surface area contributed by atoms with E-state index in [1.807, 2.05) is 18.3 Å². The molecule has 1 aromatic carbocycles. The highest BCUT2D eigenvalue weighted by molar-refractivity contribution is 5.92. The van der Waals surface area contributed by atoms with Crippen molar-refractivity contribution in [3.63, 3.8) is 0 Å². The van der Waals surface area contributed by atoms with Crippen molar-refractivity contribution >= 4 is 11.6 Å². The Balaban J connectivity index is 1.26. The number of carbonyl (C=O) groups is 1. The van der Waals surface area contributed by atoms with Crippen LogP contribution in [0.1, 0.15) is 61.0 Å². The molecule has 1 aliphatic carbocycles. The standard InChI is InChI=1S/C24H31N3O/c1-24(11-10-19-16-21(19)18-6-4-3-5-7-18)12-14-27(15-13-24)20-8-9-22(26-17-20)23(28)25-2/h3-9,17,19,21H,10-16H2,1-2H3,(H,25,28)/t19-,21?/m1/s1. The van der Waals surface area contributed by atoms with Crippen LogP contribution < -0.4 is 10.2 Å². The number of pyridine rings is 1. The first-order valence-electron chi connectivity index (χ1n) is 10.6. The SMILES string of the molecule is CNC(=O)c1ccc(N2CCC(C)(CC[C@@H]3CC3c3ccccc3)CC2)cn1. The van der Waals surface area contributed by atoms with Gasteiger partial charge in [0.05, 0.1) is 11.9 Å². The van der Waals surface area contributed by atoms with Crippen molar-refractivity contribution < 1.29 is 4.79 Å². The molecule has 2 atom stereocenters. The van der Waals surface area contributed by atoms with Gasteiger partial charge in [0.25, 0.3) is 5.91 Å². The molecule has 28 heavy (non-hydrogen) atoms. The lowest BCUT2D eigenvalue weighted by Gasteiger charge is -2.40. The normalized spacial score (nSPS) is 23.3. The minimum atomic E-state index is -0.133. The topological polar surface area (TPSA) is 45.2 Å². The summed E-state index contributed by atoms with van der Waals surface area (Å²) in [5.74, 6) is 1.56. The molecular formula is C24H31N3O. The number of rotatable bonds is 6. The zero-order valence-electron chi connectivity index (χ0n) is 17.0. The molecule has 4 nitrogen and oxygen atoms in total. The number of nitrogens with one attached hydrogen (secondary N) is 1. The molecule has 1 unspecified atom stereocenters. The zero-order valence-corrected chi connectivity index (χ0v) is 17.0. The predicted molar refractivity (Wildman–Crippen MR) is 114 cm³/mol. The predicted octanol–water partition coefficient (Wildman–Crippen LogP) is 4.63. The van der Waals surface area contributed by atoms with Crippen LogP contribution in [0.2, 0.25) is 0 Å². The van der Waals surface area contributed by atoms with Crippen molar-refractivity contribution in [3.05, 3.63) is 59.9 Å². The maximum Gasteiger partial charge on any atom is 0.269 e. The number of amides is 1. The molecule has 1 saturated carbocycles. The summed E-state index contributed by atoms with van der Waals surface area (Å²) in [6.45, 7) is 4.62. The van der Waals surface area contributed by atoms with Crippen LogP contribution in [0.3, 0.4) is 0 Å². The molecule has 2 heterocycles. The van der Waals surface area contributed by atoms with E-state index in [1.54, 1.807) is 7.05 Å². The highest BCUT2D eigenvalue weighted by Crippen LogP contribution is 2.52. The second-order valence-corrected chi connectivity index (χ2v) is 8.83. The first-order chi connectivity index (χ1) is 13.6. The Morgan fingerprint density at radius 2 is 1.93 bits per heavy atom. The minimum Gasteiger partial charge on any atom is -0.370 e. The summed E-state index contributed by atoms with van der Waals surface area (Å²) >= 11 is 0.